The molecule has 2 rings (SSSR count). The zero-order chi connectivity index (χ0) is 13.0. The Labute approximate surface area is 104 Å². The van der Waals surface area contributed by atoms with E-state index in [4.69, 9.17) is 15.7 Å². The molecule has 0 saturated heterocycles. The molecule has 2 aromatic carbocycles. The number of anilines is 2. The van der Waals surface area contributed by atoms with Crippen molar-refractivity contribution in [1.82, 2.24) is 0 Å². The van der Waals surface area contributed by atoms with Gasteiger partial charge in [0.2, 0.25) is 0 Å². The summed E-state index contributed by atoms with van der Waals surface area (Å²) in [6.45, 7) is 0.178. The van der Waals surface area contributed by atoms with Gasteiger partial charge in [-0.25, -0.2) is 0 Å². The Morgan fingerprint density at radius 3 is 2.50 bits per heavy atom. The molecule has 5 nitrogen and oxygen atoms in total. The molecule has 0 unspecified atom stereocenters. The largest absolute Gasteiger partial charge is 0.508 e. The number of aromatic hydroxyl groups is 2. The summed E-state index contributed by atoms with van der Waals surface area (Å²) in [5.41, 5.74) is 10.2. The zero-order valence-electron chi connectivity index (χ0n) is 9.63. The lowest BCUT2D eigenvalue weighted by molar-refractivity contribution is 0.177. The van der Waals surface area contributed by atoms with E-state index in [1.54, 1.807) is 36.4 Å². The topological polar surface area (TPSA) is 87.7 Å². The summed E-state index contributed by atoms with van der Waals surface area (Å²) in [6.07, 6.45) is 0. The molecule has 0 saturated carbocycles. The van der Waals surface area contributed by atoms with Gasteiger partial charge in [0.1, 0.15) is 18.1 Å². The molecular formula is C13H14N2O3. The summed E-state index contributed by atoms with van der Waals surface area (Å²) in [5, 5.41) is 18.7. The van der Waals surface area contributed by atoms with Crippen LogP contribution in [0.5, 0.6) is 11.5 Å². The first-order chi connectivity index (χ1) is 8.65. The standard InChI is InChI=1S/C13H14N2O3/c14-10-1-6-13(17)9(7-10)8-18-15-11-2-4-12(16)5-3-11/h1-7,15-17H,8,14H2. The van der Waals surface area contributed by atoms with Crippen LogP contribution in [0.2, 0.25) is 0 Å². The Hall–Kier alpha value is -2.40. The van der Waals surface area contributed by atoms with Crippen molar-refractivity contribution in [3.05, 3.63) is 48.0 Å². The normalized spacial score (nSPS) is 10.2. The SMILES string of the molecule is Nc1ccc(O)c(CONc2ccc(O)cc2)c1. The highest BCUT2D eigenvalue weighted by Gasteiger charge is 2.02. The summed E-state index contributed by atoms with van der Waals surface area (Å²) >= 11 is 0. The second-order valence-electron chi connectivity index (χ2n) is 3.83. The van der Waals surface area contributed by atoms with E-state index in [1.807, 2.05) is 0 Å². The fraction of sp³-hybridized carbons (Fsp3) is 0.0769. The number of nitrogens with two attached hydrogens (primary N) is 1. The molecule has 5 heteroatoms. The summed E-state index contributed by atoms with van der Waals surface area (Å²) in [5.74, 6) is 0.325. The van der Waals surface area contributed by atoms with E-state index in [9.17, 15) is 5.11 Å². The summed E-state index contributed by atoms with van der Waals surface area (Å²) in [4.78, 5) is 5.23. The van der Waals surface area contributed by atoms with Crippen molar-refractivity contribution in [2.75, 3.05) is 11.2 Å². The summed E-state index contributed by atoms with van der Waals surface area (Å²) < 4.78 is 0. The Balaban J connectivity index is 1.92. The first-order valence-corrected chi connectivity index (χ1v) is 5.39. The molecule has 2 aromatic rings. The quantitative estimate of drug-likeness (QED) is 0.377. The molecule has 0 fully saturated rings. The van der Waals surface area contributed by atoms with Crippen LogP contribution < -0.4 is 11.2 Å². The summed E-state index contributed by atoms with van der Waals surface area (Å²) in [7, 11) is 0. The molecule has 0 atom stereocenters. The lowest BCUT2D eigenvalue weighted by Crippen LogP contribution is -2.02. The van der Waals surface area contributed by atoms with Gasteiger partial charge in [0, 0.05) is 11.3 Å². The molecule has 94 valence electrons. The number of phenolic OH excluding ortho intramolecular Hbond substituents is 2. The molecule has 5 N–H and O–H groups in total. The number of nitrogens with one attached hydrogen (secondary N) is 1. The highest BCUT2D eigenvalue weighted by molar-refractivity contribution is 5.47. The van der Waals surface area contributed by atoms with E-state index in [0.29, 0.717) is 16.9 Å². The van der Waals surface area contributed by atoms with E-state index in [1.165, 1.54) is 6.07 Å². The van der Waals surface area contributed by atoms with E-state index in [-0.39, 0.29) is 18.1 Å². The van der Waals surface area contributed by atoms with Crippen LogP contribution in [0.25, 0.3) is 0 Å². The maximum atomic E-state index is 9.57. The molecular weight excluding hydrogens is 232 g/mol. The average Bonchev–Trinajstić information content (AvgIpc) is 2.36. The van der Waals surface area contributed by atoms with Crippen molar-refractivity contribution in [3.8, 4) is 11.5 Å². The Morgan fingerprint density at radius 2 is 1.78 bits per heavy atom. The van der Waals surface area contributed by atoms with Crippen LogP contribution in [0.1, 0.15) is 5.56 Å². The molecule has 0 aliphatic heterocycles. The van der Waals surface area contributed by atoms with Gasteiger partial charge in [-0.2, -0.15) is 0 Å². The zero-order valence-corrected chi connectivity index (χ0v) is 9.63. The molecule has 0 amide bonds. The lowest BCUT2D eigenvalue weighted by Gasteiger charge is -2.09. The van der Waals surface area contributed by atoms with Gasteiger partial charge in [0.15, 0.2) is 0 Å². The van der Waals surface area contributed by atoms with Gasteiger partial charge >= 0.3 is 0 Å². The predicted molar refractivity (Wildman–Crippen MR) is 69.0 cm³/mol. The highest BCUT2D eigenvalue weighted by atomic mass is 16.6. The van der Waals surface area contributed by atoms with E-state index in [2.05, 4.69) is 5.48 Å². The van der Waals surface area contributed by atoms with Gasteiger partial charge in [-0.15, -0.1) is 0 Å². The molecule has 0 bridgehead atoms. The third kappa shape index (κ3) is 3.05. The number of rotatable bonds is 4. The number of hydrogen-bond acceptors (Lipinski definition) is 5. The minimum absolute atomic E-state index is 0.136. The summed E-state index contributed by atoms with van der Waals surface area (Å²) in [6, 6.07) is 11.2. The number of phenols is 2. The second-order valence-corrected chi connectivity index (χ2v) is 3.83. The van der Waals surface area contributed by atoms with Crippen LogP contribution >= 0.6 is 0 Å². The maximum Gasteiger partial charge on any atom is 0.121 e. The molecule has 0 aliphatic carbocycles. The molecule has 0 spiro atoms. The molecule has 0 aliphatic rings. The van der Waals surface area contributed by atoms with Crippen LogP contribution in [0.3, 0.4) is 0 Å². The van der Waals surface area contributed by atoms with Crippen molar-refractivity contribution in [1.29, 1.82) is 0 Å². The highest BCUT2D eigenvalue weighted by Crippen LogP contribution is 2.21. The molecule has 18 heavy (non-hydrogen) atoms. The fourth-order valence-electron chi connectivity index (χ4n) is 1.45. The Morgan fingerprint density at radius 1 is 1.06 bits per heavy atom. The van der Waals surface area contributed by atoms with E-state index < -0.39 is 0 Å². The number of hydrogen-bond donors (Lipinski definition) is 4. The third-order valence-corrected chi connectivity index (χ3v) is 2.39. The Kier molecular flexibility index (Phi) is 3.54. The lowest BCUT2D eigenvalue weighted by atomic mass is 10.2. The van der Waals surface area contributed by atoms with Gasteiger partial charge in [-0.1, -0.05) is 0 Å². The predicted octanol–water partition coefficient (Wildman–Crippen LogP) is 2.22. The second kappa shape index (κ2) is 5.29. The first kappa shape index (κ1) is 12.1. The van der Waals surface area contributed by atoms with Crippen LogP contribution in [0.4, 0.5) is 11.4 Å². The van der Waals surface area contributed by atoms with Gasteiger partial charge < -0.3 is 15.9 Å². The van der Waals surface area contributed by atoms with E-state index in [0.717, 1.165) is 0 Å². The maximum absolute atomic E-state index is 9.57. The molecule has 0 heterocycles. The van der Waals surface area contributed by atoms with Crippen LogP contribution in [0.15, 0.2) is 42.5 Å². The molecule has 0 radical (unpaired) electrons. The molecule has 0 aromatic heterocycles. The monoisotopic (exact) mass is 246 g/mol. The minimum atomic E-state index is 0.136. The van der Waals surface area contributed by atoms with Crippen molar-refractivity contribution in [2.24, 2.45) is 0 Å². The van der Waals surface area contributed by atoms with Crippen LogP contribution in [0, 0.1) is 0 Å². The van der Waals surface area contributed by atoms with Gasteiger partial charge in [-0.05, 0) is 42.5 Å². The van der Waals surface area contributed by atoms with Crippen LogP contribution in [-0.4, -0.2) is 10.2 Å². The smallest absolute Gasteiger partial charge is 0.121 e. The van der Waals surface area contributed by atoms with Gasteiger partial charge in [-0.3, -0.25) is 10.3 Å². The minimum Gasteiger partial charge on any atom is -0.508 e. The number of nitrogen functional groups attached to an aromatic ring is 1. The van der Waals surface area contributed by atoms with Crippen molar-refractivity contribution in [3.63, 3.8) is 0 Å². The van der Waals surface area contributed by atoms with Crippen molar-refractivity contribution < 1.29 is 15.1 Å². The van der Waals surface area contributed by atoms with Gasteiger partial charge in [0.05, 0.1) is 5.69 Å². The van der Waals surface area contributed by atoms with Crippen LogP contribution in [-0.2, 0) is 11.4 Å². The van der Waals surface area contributed by atoms with Crippen molar-refractivity contribution in [2.45, 2.75) is 6.61 Å². The van der Waals surface area contributed by atoms with Gasteiger partial charge in [0.25, 0.3) is 0 Å². The number of benzene rings is 2. The van der Waals surface area contributed by atoms with E-state index >= 15 is 0 Å². The van der Waals surface area contributed by atoms with Crippen molar-refractivity contribution >= 4 is 11.4 Å². The fourth-order valence-corrected chi connectivity index (χ4v) is 1.45. The Bertz CT molecular complexity index is 526. The third-order valence-electron chi connectivity index (χ3n) is 2.39. The average molecular weight is 246 g/mol. The first-order valence-electron chi connectivity index (χ1n) is 5.39.